The van der Waals surface area contributed by atoms with Gasteiger partial charge in [-0.05, 0) is 51.4 Å². The summed E-state index contributed by atoms with van der Waals surface area (Å²) in [5.74, 6) is -3.09. The van der Waals surface area contributed by atoms with E-state index in [4.69, 9.17) is 5.26 Å². The molecule has 0 aromatic rings. The molecule has 32 heavy (non-hydrogen) atoms. The van der Waals surface area contributed by atoms with Crippen molar-refractivity contribution in [2.24, 2.45) is 11.3 Å². The van der Waals surface area contributed by atoms with Crippen molar-refractivity contribution >= 4 is 17.8 Å². The molecule has 4 fully saturated rings. The normalized spacial score (nSPS) is 24.8. The lowest BCUT2D eigenvalue weighted by Crippen LogP contribution is -2.56. The molecule has 8 nitrogen and oxygen atoms in total. The van der Waals surface area contributed by atoms with Gasteiger partial charge in [-0.2, -0.15) is 5.26 Å². The van der Waals surface area contributed by atoms with E-state index in [0.717, 1.165) is 13.1 Å². The molecule has 0 radical (unpaired) electrons. The van der Waals surface area contributed by atoms with E-state index in [1.54, 1.807) is 0 Å². The number of carbonyl (C=O) groups is 3. The molecule has 4 rings (SSSR count). The quantitative estimate of drug-likeness (QED) is 0.618. The first-order valence-electron chi connectivity index (χ1n) is 11.5. The van der Waals surface area contributed by atoms with Crippen molar-refractivity contribution in [2.45, 2.75) is 75.8 Å². The van der Waals surface area contributed by atoms with Crippen LogP contribution in [0, 0.1) is 22.7 Å². The lowest BCUT2D eigenvalue weighted by atomic mass is 9.77. The molecule has 1 spiro atoms. The number of nitrogens with one attached hydrogen (secondary N) is 2. The number of piperidine rings is 1. The van der Waals surface area contributed by atoms with E-state index in [-0.39, 0.29) is 11.3 Å². The minimum Gasteiger partial charge on any atom is -0.342 e. The third kappa shape index (κ3) is 5.30. The Hall–Kier alpha value is -2.44. The van der Waals surface area contributed by atoms with Crippen LogP contribution >= 0.6 is 0 Å². The molecule has 2 heterocycles. The average Bonchev–Trinajstić information content (AvgIpc) is 3.63. The van der Waals surface area contributed by atoms with Crippen molar-refractivity contribution in [1.29, 1.82) is 5.26 Å². The molecule has 2 aliphatic carbocycles. The Labute approximate surface area is 186 Å². The van der Waals surface area contributed by atoms with Crippen molar-refractivity contribution in [2.75, 3.05) is 26.2 Å². The van der Waals surface area contributed by atoms with Gasteiger partial charge in [0, 0.05) is 44.4 Å². The Morgan fingerprint density at radius 1 is 1.25 bits per heavy atom. The summed E-state index contributed by atoms with van der Waals surface area (Å²) in [7, 11) is 0. The molecule has 2 aliphatic heterocycles. The summed E-state index contributed by atoms with van der Waals surface area (Å²) in [5, 5.41) is 14.1. The molecule has 2 saturated heterocycles. The van der Waals surface area contributed by atoms with Gasteiger partial charge in [0.15, 0.2) is 0 Å². The summed E-state index contributed by atoms with van der Waals surface area (Å²) in [5.41, 5.74) is -1.12. The van der Waals surface area contributed by atoms with Crippen molar-refractivity contribution in [3.05, 3.63) is 0 Å². The SMILES string of the molecule is CC(F)(F)C[C@H](NC(=O)N1CCC2(CC1)CC(=O)N(CC1CC1)C2)C(=O)NC1(C#N)CC1. The van der Waals surface area contributed by atoms with Crippen LogP contribution in [-0.4, -0.2) is 71.3 Å². The number of nitrogens with zero attached hydrogens (tertiary/aromatic N) is 3. The average molecular weight is 452 g/mol. The van der Waals surface area contributed by atoms with Crippen molar-refractivity contribution in [3.8, 4) is 6.07 Å². The third-order valence-electron chi connectivity index (χ3n) is 7.20. The van der Waals surface area contributed by atoms with Crippen LogP contribution in [-0.2, 0) is 9.59 Å². The fourth-order valence-electron chi connectivity index (χ4n) is 4.80. The number of hydrogen-bond acceptors (Lipinski definition) is 4. The first-order valence-corrected chi connectivity index (χ1v) is 11.5. The summed E-state index contributed by atoms with van der Waals surface area (Å²) in [6.07, 6.45) is 4.33. The van der Waals surface area contributed by atoms with E-state index in [1.165, 1.54) is 17.7 Å². The van der Waals surface area contributed by atoms with Crippen molar-refractivity contribution in [3.63, 3.8) is 0 Å². The zero-order valence-electron chi connectivity index (χ0n) is 18.5. The number of likely N-dealkylation sites (tertiary alicyclic amines) is 2. The fourth-order valence-corrected chi connectivity index (χ4v) is 4.80. The fraction of sp³-hybridized carbons (Fsp3) is 0.818. The monoisotopic (exact) mass is 451 g/mol. The van der Waals surface area contributed by atoms with Gasteiger partial charge < -0.3 is 20.4 Å². The Bertz CT molecular complexity index is 820. The number of urea groups is 1. The summed E-state index contributed by atoms with van der Waals surface area (Å²) in [6, 6.07) is 0.00481. The van der Waals surface area contributed by atoms with Crippen LogP contribution in [0.3, 0.4) is 0 Å². The van der Waals surface area contributed by atoms with Gasteiger partial charge in [0.05, 0.1) is 6.07 Å². The molecule has 0 aromatic heterocycles. The molecule has 1 atom stereocenters. The first kappa shape index (κ1) is 22.7. The molecule has 2 N–H and O–H groups in total. The molecular weight excluding hydrogens is 420 g/mol. The lowest BCUT2D eigenvalue weighted by Gasteiger charge is -2.39. The van der Waals surface area contributed by atoms with E-state index >= 15 is 0 Å². The number of amides is 4. The number of halogens is 2. The van der Waals surface area contributed by atoms with Gasteiger partial charge in [-0.1, -0.05) is 0 Å². The predicted octanol–water partition coefficient (Wildman–Crippen LogP) is 2.01. The minimum atomic E-state index is -3.15. The number of carbonyl (C=O) groups excluding carboxylic acids is 3. The molecule has 176 valence electrons. The van der Waals surface area contributed by atoms with E-state index < -0.39 is 35.9 Å². The van der Waals surface area contributed by atoms with E-state index in [0.29, 0.717) is 58.0 Å². The second-order valence-corrected chi connectivity index (χ2v) is 10.3. The van der Waals surface area contributed by atoms with E-state index in [9.17, 15) is 23.2 Å². The summed E-state index contributed by atoms with van der Waals surface area (Å²) >= 11 is 0. The highest BCUT2D eigenvalue weighted by atomic mass is 19.3. The first-order chi connectivity index (χ1) is 15.0. The van der Waals surface area contributed by atoms with Crippen LogP contribution in [0.2, 0.25) is 0 Å². The predicted molar refractivity (Wildman–Crippen MR) is 110 cm³/mol. The van der Waals surface area contributed by atoms with E-state index in [1.807, 2.05) is 11.0 Å². The Morgan fingerprint density at radius 3 is 2.44 bits per heavy atom. The van der Waals surface area contributed by atoms with Crippen LogP contribution in [0.15, 0.2) is 0 Å². The summed E-state index contributed by atoms with van der Waals surface area (Å²) < 4.78 is 27.4. The number of rotatable bonds is 7. The van der Waals surface area contributed by atoms with Crippen LogP contribution in [0.1, 0.15) is 58.3 Å². The second-order valence-electron chi connectivity index (χ2n) is 10.3. The molecule has 0 bridgehead atoms. The van der Waals surface area contributed by atoms with Gasteiger partial charge in [-0.3, -0.25) is 9.59 Å². The van der Waals surface area contributed by atoms with Crippen molar-refractivity contribution < 1.29 is 23.2 Å². The van der Waals surface area contributed by atoms with Gasteiger partial charge in [-0.25, -0.2) is 13.6 Å². The van der Waals surface area contributed by atoms with Crippen LogP contribution in [0.25, 0.3) is 0 Å². The second kappa shape index (κ2) is 8.16. The highest BCUT2D eigenvalue weighted by Gasteiger charge is 2.48. The Balaban J connectivity index is 1.32. The smallest absolute Gasteiger partial charge is 0.318 e. The largest absolute Gasteiger partial charge is 0.342 e. The van der Waals surface area contributed by atoms with Gasteiger partial charge in [0.25, 0.3) is 0 Å². The molecule has 0 aromatic carbocycles. The lowest BCUT2D eigenvalue weighted by molar-refractivity contribution is -0.128. The van der Waals surface area contributed by atoms with Gasteiger partial charge in [0.2, 0.25) is 17.7 Å². The minimum absolute atomic E-state index is 0.124. The summed E-state index contributed by atoms with van der Waals surface area (Å²) in [4.78, 5) is 41.2. The van der Waals surface area contributed by atoms with Gasteiger partial charge in [0.1, 0.15) is 11.6 Å². The number of alkyl halides is 2. The number of nitriles is 1. The zero-order valence-corrected chi connectivity index (χ0v) is 18.5. The molecule has 4 aliphatic rings. The Morgan fingerprint density at radius 2 is 1.91 bits per heavy atom. The van der Waals surface area contributed by atoms with E-state index in [2.05, 4.69) is 10.6 Å². The maximum atomic E-state index is 13.7. The molecule has 10 heteroatoms. The van der Waals surface area contributed by atoms with Crippen LogP contribution in [0.5, 0.6) is 0 Å². The zero-order chi connectivity index (χ0) is 23.1. The topological polar surface area (TPSA) is 106 Å². The Kier molecular flexibility index (Phi) is 5.80. The van der Waals surface area contributed by atoms with Crippen molar-refractivity contribution in [1.82, 2.24) is 20.4 Å². The third-order valence-corrected chi connectivity index (χ3v) is 7.20. The summed E-state index contributed by atoms with van der Waals surface area (Å²) in [6.45, 7) is 3.08. The van der Waals surface area contributed by atoms with Crippen LogP contribution < -0.4 is 10.6 Å². The molecular formula is C22H31F2N5O3. The molecule has 0 unspecified atom stereocenters. The maximum absolute atomic E-state index is 13.7. The standard InChI is InChI=1S/C22H31F2N5O3/c1-20(23,24)10-16(18(31)27-22(13-25)4-5-22)26-19(32)28-8-6-21(7-9-28)11-17(30)29(14-21)12-15-2-3-15/h15-16H,2-12,14H2,1H3,(H,26,32)(H,27,31)/t16-/m0/s1. The van der Waals surface area contributed by atoms with Gasteiger partial charge in [-0.15, -0.1) is 0 Å². The molecule has 4 amide bonds. The van der Waals surface area contributed by atoms with Crippen LogP contribution in [0.4, 0.5) is 13.6 Å². The maximum Gasteiger partial charge on any atom is 0.318 e. The number of hydrogen-bond donors (Lipinski definition) is 2. The molecule has 2 saturated carbocycles. The highest BCUT2D eigenvalue weighted by Crippen LogP contribution is 2.42. The highest BCUT2D eigenvalue weighted by molar-refractivity contribution is 5.88. The van der Waals surface area contributed by atoms with Gasteiger partial charge >= 0.3 is 6.03 Å².